The number of carbonyl (C=O) groups excluding carboxylic acids is 1. The summed E-state index contributed by atoms with van der Waals surface area (Å²) in [6.45, 7) is 1.49. The van der Waals surface area contributed by atoms with Crippen molar-refractivity contribution in [3.05, 3.63) is 53.3 Å². The van der Waals surface area contributed by atoms with Crippen LogP contribution in [0.25, 0.3) is 0 Å². The van der Waals surface area contributed by atoms with Crippen molar-refractivity contribution in [1.29, 1.82) is 0 Å². The van der Waals surface area contributed by atoms with Gasteiger partial charge < -0.3 is 10.1 Å². The van der Waals surface area contributed by atoms with Crippen LogP contribution < -0.4 is 5.32 Å². The second-order valence-electron chi connectivity index (χ2n) is 7.04. The molecule has 4 rings (SSSR count). The van der Waals surface area contributed by atoms with Crippen molar-refractivity contribution in [3.63, 3.8) is 0 Å². The van der Waals surface area contributed by atoms with Gasteiger partial charge in [-0.05, 0) is 17.5 Å². The molecular weight excluding hydrogens is 340 g/mol. The fourth-order valence-electron chi connectivity index (χ4n) is 3.52. The van der Waals surface area contributed by atoms with Crippen LogP contribution in [0.15, 0.2) is 36.5 Å². The van der Waals surface area contributed by atoms with Gasteiger partial charge in [0.2, 0.25) is 11.8 Å². The maximum Gasteiger partial charge on any atom is 0.249 e. The number of hydrogen-bond acceptors (Lipinski definition) is 3. The molecule has 2 aliphatic rings. The highest BCUT2D eigenvalue weighted by molar-refractivity contribution is 5.79. The summed E-state index contributed by atoms with van der Waals surface area (Å²) in [5.74, 6) is -3.61. The molecule has 5 nitrogen and oxygen atoms in total. The fourth-order valence-corrected chi connectivity index (χ4v) is 3.52. The SMILES string of the molecule is O=C(NC[C@@H]1OCCc2cn(Cc3ccccc3)nc21)C1CC(F)(F)C1. The average Bonchev–Trinajstić information content (AvgIpc) is 3.01. The smallest absolute Gasteiger partial charge is 0.249 e. The molecular formula is C19H21F2N3O2. The lowest BCUT2D eigenvalue weighted by molar-refractivity contribution is -0.150. The number of benzene rings is 1. The molecule has 1 fully saturated rings. The maximum atomic E-state index is 12.9. The second-order valence-corrected chi connectivity index (χ2v) is 7.04. The number of halogens is 2. The molecule has 26 heavy (non-hydrogen) atoms. The monoisotopic (exact) mass is 361 g/mol. The molecule has 1 atom stereocenters. The highest BCUT2D eigenvalue weighted by atomic mass is 19.3. The normalized spacial score (nSPS) is 21.7. The van der Waals surface area contributed by atoms with E-state index in [0.29, 0.717) is 13.2 Å². The molecule has 0 radical (unpaired) electrons. The summed E-state index contributed by atoms with van der Waals surface area (Å²) >= 11 is 0. The van der Waals surface area contributed by atoms with E-state index in [1.165, 1.54) is 0 Å². The molecule has 0 bridgehead atoms. The first-order valence-corrected chi connectivity index (χ1v) is 8.87. The van der Waals surface area contributed by atoms with Crippen molar-refractivity contribution in [2.45, 2.75) is 37.8 Å². The third kappa shape index (κ3) is 3.62. The van der Waals surface area contributed by atoms with Gasteiger partial charge in [0.15, 0.2) is 0 Å². The first-order chi connectivity index (χ1) is 12.5. The number of nitrogens with one attached hydrogen (secondary N) is 1. The first-order valence-electron chi connectivity index (χ1n) is 8.87. The van der Waals surface area contributed by atoms with E-state index in [9.17, 15) is 13.6 Å². The number of fused-ring (bicyclic) bond motifs is 1. The molecule has 1 aliphatic heterocycles. The van der Waals surface area contributed by atoms with Gasteiger partial charge in [0.25, 0.3) is 0 Å². The Hall–Kier alpha value is -2.28. The molecule has 0 spiro atoms. The Labute approximate surface area is 150 Å². The topological polar surface area (TPSA) is 56.1 Å². The minimum absolute atomic E-state index is 0.260. The molecule has 1 aromatic carbocycles. The van der Waals surface area contributed by atoms with Gasteiger partial charge in [0.05, 0.1) is 18.8 Å². The van der Waals surface area contributed by atoms with Gasteiger partial charge in [-0.3, -0.25) is 9.48 Å². The van der Waals surface area contributed by atoms with Gasteiger partial charge in [-0.15, -0.1) is 0 Å². The van der Waals surface area contributed by atoms with Crippen LogP contribution in [0.3, 0.4) is 0 Å². The number of alkyl halides is 2. The standard InChI is InChI=1S/C19H21F2N3O2/c20-19(21)8-15(9-19)18(25)22-10-16-17-14(6-7-26-16)12-24(23-17)11-13-4-2-1-3-5-13/h1-5,12,15-16H,6-11H2,(H,22,25)/t16-/m0/s1. The maximum absolute atomic E-state index is 12.9. The predicted molar refractivity (Wildman–Crippen MR) is 90.8 cm³/mol. The van der Waals surface area contributed by atoms with Crippen LogP contribution in [0, 0.1) is 5.92 Å². The van der Waals surface area contributed by atoms with Gasteiger partial charge >= 0.3 is 0 Å². The van der Waals surface area contributed by atoms with Gasteiger partial charge in [-0.25, -0.2) is 8.78 Å². The minimum Gasteiger partial charge on any atom is -0.370 e. The molecule has 1 N–H and O–H groups in total. The van der Waals surface area contributed by atoms with Crippen molar-refractivity contribution in [2.24, 2.45) is 5.92 Å². The van der Waals surface area contributed by atoms with E-state index >= 15 is 0 Å². The zero-order valence-corrected chi connectivity index (χ0v) is 14.3. The van der Waals surface area contributed by atoms with Gasteiger partial charge in [0, 0.05) is 31.5 Å². The highest BCUT2D eigenvalue weighted by Gasteiger charge is 2.48. The Bertz CT molecular complexity index is 783. The Morgan fingerprint density at radius 3 is 2.81 bits per heavy atom. The van der Waals surface area contributed by atoms with Crippen LogP contribution in [0.5, 0.6) is 0 Å². The Balaban J connectivity index is 1.38. The van der Waals surface area contributed by atoms with E-state index in [1.807, 2.05) is 41.2 Å². The summed E-state index contributed by atoms with van der Waals surface area (Å²) in [7, 11) is 0. The largest absolute Gasteiger partial charge is 0.370 e. The molecule has 7 heteroatoms. The summed E-state index contributed by atoms with van der Waals surface area (Å²) < 4.78 is 33.4. The lowest BCUT2D eigenvalue weighted by atomic mass is 9.81. The molecule has 1 saturated carbocycles. The van der Waals surface area contributed by atoms with Gasteiger partial charge in [0.1, 0.15) is 6.10 Å². The van der Waals surface area contributed by atoms with E-state index in [0.717, 1.165) is 23.2 Å². The number of carbonyl (C=O) groups is 1. The fraction of sp³-hybridized carbons (Fsp3) is 0.474. The van der Waals surface area contributed by atoms with Crippen LogP contribution in [0.4, 0.5) is 8.78 Å². The third-order valence-corrected chi connectivity index (χ3v) is 4.98. The van der Waals surface area contributed by atoms with E-state index in [4.69, 9.17) is 4.74 Å². The zero-order chi connectivity index (χ0) is 18.1. The van der Waals surface area contributed by atoms with Crippen molar-refractivity contribution >= 4 is 5.91 Å². The molecule has 138 valence electrons. The zero-order valence-electron chi connectivity index (χ0n) is 14.3. The molecule has 1 aromatic heterocycles. The quantitative estimate of drug-likeness (QED) is 0.891. The minimum atomic E-state index is -2.69. The van der Waals surface area contributed by atoms with E-state index in [2.05, 4.69) is 10.4 Å². The summed E-state index contributed by atoms with van der Waals surface area (Å²) in [4.78, 5) is 12.0. The number of ether oxygens (including phenoxy) is 1. The highest BCUT2D eigenvalue weighted by Crippen LogP contribution is 2.42. The van der Waals surface area contributed by atoms with Crippen LogP contribution >= 0.6 is 0 Å². The number of aromatic nitrogens is 2. The van der Waals surface area contributed by atoms with E-state index in [-0.39, 0.29) is 31.4 Å². The Kier molecular flexibility index (Phi) is 4.48. The van der Waals surface area contributed by atoms with Crippen LogP contribution in [0.2, 0.25) is 0 Å². The number of hydrogen-bond donors (Lipinski definition) is 1. The van der Waals surface area contributed by atoms with Gasteiger partial charge in [-0.1, -0.05) is 30.3 Å². The molecule has 1 amide bonds. The lowest BCUT2D eigenvalue weighted by Gasteiger charge is -2.34. The molecule has 1 aliphatic carbocycles. The van der Waals surface area contributed by atoms with Gasteiger partial charge in [-0.2, -0.15) is 5.10 Å². The van der Waals surface area contributed by atoms with E-state index < -0.39 is 11.8 Å². The number of nitrogens with zero attached hydrogens (tertiary/aromatic N) is 2. The molecule has 0 unspecified atom stereocenters. The van der Waals surface area contributed by atoms with Crippen molar-refractivity contribution in [1.82, 2.24) is 15.1 Å². The number of amides is 1. The Morgan fingerprint density at radius 1 is 1.31 bits per heavy atom. The second kappa shape index (κ2) is 6.79. The van der Waals surface area contributed by atoms with Crippen molar-refractivity contribution in [2.75, 3.05) is 13.2 Å². The summed E-state index contributed by atoms with van der Waals surface area (Å²) in [6, 6.07) is 10.0. The molecule has 2 heterocycles. The van der Waals surface area contributed by atoms with Crippen LogP contribution in [-0.4, -0.2) is 34.8 Å². The van der Waals surface area contributed by atoms with Crippen LogP contribution in [0.1, 0.15) is 35.8 Å². The predicted octanol–water partition coefficient (Wildman–Crippen LogP) is 2.71. The molecule has 2 aromatic rings. The summed E-state index contributed by atoms with van der Waals surface area (Å²) in [6.07, 6.45) is 1.75. The Morgan fingerprint density at radius 2 is 2.08 bits per heavy atom. The van der Waals surface area contributed by atoms with Crippen molar-refractivity contribution < 1.29 is 18.3 Å². The first kappa shape index (κ1) is 17.1. The molecule has 0 saturated heterocycles. The summed E-state index contributed by atoms with van der Waals surface area (Å²) in [5, 5.41) is 7.37. The van der Waals surface area contributed by atoms with Crippen molar-refractivity contribution in [3.8, 4) is 0 Å². The third-order valence-electron chi connectivity index (χ3n) is 4.98. The summed E-state index contributed by atoms with van der Waals surface area (Å²) in [5.41, 5.74) is 3.09. The average molecular weight is 361 g/mol. The lowest BCUT2D eigenvalue weighted by Crippen LogP contribution is -2.46. The van der Waals surface area contributed by atoms with Crippen LogP contribution in [-0.2, 0) is 22.5 Å². The number of rotatable bonds is 5. The van der Waals surface area contributed by atoms with E-state index in [1.54, 1.807) is 0 Å².